The van der Waals surface area contributed by atoms with Crippen LogP contribution in [-0.2, 0) is 38.1 Å². The average Bonchev–Trinajstić information content (AvgIpc) is 3.19. The van der Waals surface area contributed by atoms with Crippen molar-refractivity contribution in [3.8, 4) is 0 Å². The molecule has 340 valence electrons. The Bertz CT molecular complexity index is 1950. The van der Waals surface area contributed by atoms with Crippen molar-refractivity contribution in [2.45, 2.75) is 147 Å². The lowest BCUT2D eigenvalue weighted by molar-refractivity contribution is -0.336. The van der Waals surface area contributed by atoms with E-state index in [9.17, 15) is 44.4 Å². The smallest absolute Gasteiger partial charge is 0.408 e. The molecule has 3 saturated carbocycles. The molecule has 4 aliphatic rings. The van der Waals surface area contributed by atoms with E-state index in [2.05, 4.69) is 5.32 Å². The third-order valence-electron chi connectivity index (χ3n) is 14.1. The molecule has 15 heteroatoms. The van der Waals surface area contributed by atoms with Gasteiger partial charge in [0.1, 0.15) is 35.2 Å². The van der Waals surface area contributed by atoms with Crippen molar-refractivity contribution in [2.24, 2.45) is 34.5 Å². The number of esters is 3. The molecule has 3 aliphatic carbocycles. The normalized spacial score (nSPS) is 34.5. The molecule has 5 N–H and O–H groups in total. The molecule has 1 amide bonds. The predicted molar refractivity (Wildman–Crippen MR) is 222 cm³/mol. The molecule has 6 rings (SSSR count). The summed E-state index contributed by atoms with van der Waals surface area (Å²) in [5.41, 5.74) is -5.35. The molecule has 1 heterocycles. The van der Waals surface area contributed by atoms with Crippen LogP contribution in [0.3, 0.4) is 0 Å². The van der Waals surface area contributed by atoms with Crippen molar-refractivity contribution in [1.29, 1.82) is 0 Å². The van der Waals surface area contributed by atoms with E-state index in [1.807, 2.05) is 0 Å². The van der Waals surface area contributed by atoms with Crippen LogP contribution in [-0.4, -0.2) is 111 Å². The molecule has 1 aliphatic heterocycles. The van der Waals surface area contributed by atoms with Gasteiger partial charge in [-0.05, 0) is 57.7 Å². The fraction of sp³-hybridized carbons (Fsp3) is 0.638. The number of alkyl carbamates (subject to hydrolysis) is 1. The van der Waals surface area contributed by atoms with Crippen LogP contribution in [0.25, 0.3) is 0 Å². The monoisotopic (exact) mass is 865 g/mol. The highest BCUT2D eigenvalue weighted by Gasteiger charge is 2.74. The largest absolute Gasteiger partial charge is 0.459 e. The van der Waals surface area contributed by atoms with Gasteiger partial charge < -0.3 is 54.2 Å². The zero-order chi connectivity index (χ0) is 45.5. The van der Waals surface area contributed by atoms with Gasteiger partial charge in [0.2, 0.25) is 6.10 Å². The minimum Gasteiger partial charge on any atom is -0.459 e. The maximum atomic E-state index is 14.8. The summed E-state index contributed by atoms with van der Waals surface area (Å²) in [7, 11) is 0. The summed E-state index contributed by atoms with van der Waals surface area (Å²) in [5.74, 6) is -6.10. The third-order valence-corrected chi connectivity index (χ3v) is 14.1. The van der Waals surface area contributed by atoms with E-state index in [1.165, 1.54) is 6.92 Å². The van der Waals surface area contributed by atoms with E-state index in [0.717, 1.165) is 0 Å². The second-order valence-corrected chi connectivity index (χ2v) is 19.5. The number of nitrogens with one attached hydrogen (secondary N) is 1. The van der Waals surface area contributed by atoms with Crippen LogP contribution in [0.1, 0.15) is 109 Å². The Hall–Kier alpha value is -4.41. The van der Waals surface area contributed by atoms with Gasteiger partial charge in [-0.1, -0.05) is 76.2 Å². The number of hydrogen-bond donors (Lipinski definition) is 5. The first-order valence-electron chi connectivity index (χ1n) is 21.6. The highest BCUT2D eigenvalue weighted by Crippen LogP contribution is 2.64. The Balaban J connectivity index is 1.43. The highest BCUT2D eigenvalue weighted by atomic mass is 16.6. The topological polar surface area (TPSA) is 224 Å². The lowest BCUT2D eigenvalue weighted by Crippen LogP contribution is -2.78. The van der Waals surface area contributed by atoms with E-state index in [-0.39, 0.29) is 50.1 Å². The highest BCUT2D eigenvalue weighted by molar-refractivity contribution is 5.89. The van der Waals surface area contributed by atoms with Gasteiger partial charge in [-0.2, -0.15) is 0 Å². The SMILES string of the molecule is CC(=O)CCCC(=O)O[C@@H](C(=O)O[C@H]1C[C@@]2(O)[C@@H](OC(=O)c3ccccc3)[C@@H]3[C@@H]4CO[C@@H]4C[C@H](O)[C@@]3(C)[C@H](O)[C@H](O)C(C1C)C2(C)C)[C@@H](NC(=O)OC(C)(C)C)c1ccccc1. The number of hydrogen-bond acceptors (Lipinski definition) is 14. The van der Waals surface area contributed by atoms with Crippen LogP contribution >= 0.6 is 0 Å². The van der Waals surface area contributed by atoms with Crippen LogP contribution in [0.15, 0.2) is 60.7 Å². The molecule has 1 saturated heterocycles. The maximum Gasteiger partial charge on any atom is 0.408 e. The number of fused-ring (bicyclic) bond motifs is 5. The average molecular weight is 866 g/mol. The van der Waals surface area contributed by atoms with E-state index < -0.39 is 118 Å². The fourth-order valence-corrected chi connectivity index (χ4v) is 10.7. The first-order valence-corrected chi connectivity index (χ1v) is 21.6. The van der Waals surface area contributed by atoms with E-state index >= 15 is 0 Å². The summed E-state index contributed by atoms with van der Waals surface area (Å²) in [6.45, 7) is 13.3. The number of rotatable bonds is 12. The van der Waals surface area contributed by atoms with Crippen molar-refractivity contribution in [3.63, 3.8) is 0 Å². The van der Waals surface area contributed by atoms with Crippen LogP contribution in [0.5, 0.6) is 0 Å². The van der Waals surface area contributed by atoms with Gasteiger partial charge in [-0.3, -0.25) is 4.79 Å². The Morgan fingerprint density at radius 2 is 1.53 bits per heavy atom. The van der Waals surface area contributed by atoms with Crippen molar-refractivity contribution >= 4 is 29.8 Å². The van der Waals surface area contributed by atoms with Crippen LogP contribution in [0, 0.1) is 34.5 Å². The first kappa shape index (κ1) is 47.1. The molecule has 15 nitrogen and oxygen atoms in total. The molecule has 2 aromatic rings. The second-order valence-electron chi connectivity index (χ2n) is 19.5. The van der Waals surface area contributed by atoms with Crippen molar-refractivity contribution < 1.29 is 68.1 Å². The number of amides is 1. The van der Waals surface area contributed by atoms with Gasteiger partial charge in [0.25, 0.3) is 0 Å². The lowest BCUT2D eigenvalue weighted by Gasteiger charge is -2.68. The van der Waals surface area contributed by atoms with Crippen LogP contribution in [0.2, 0.25) is 0 Å². The molecular weight excluding hydrogens is 803 g/mol. The maximum absolute atomic E-state index is 14.8. The Morgan fingerprint density at radius 3 is 2.11 bits per heavy atom. The molecule has 62 heavy (non-hydrogen) atoms. The fourth-order valence-electron chi connectivity index (χ4n) is 10.7. The molecule has 4 fully saturated rings. The van der Waals surface area contributed by atoms with E-state index in [1.54, 1.807) is 109 Å². The number of aliphatic hydroxyl groups is 4. The molecule has 0 radical (unpaired) electrons. The standard InChI is InChI=1S/C47H63NO14/c1-25(49)16-15-21-33(51)60-38(36(27-17-11-9-12-18-27)48-43(56)62-44(3,4)5)42(55)59-31-23-47(57)40(61-41(54)28-19-13-10-14-20-28)35-29-24-58-30(29)22-32(50)46(35,8)39(53)37(52)34(26(31)2)45(47,6)7/h9-14,17-20,26,29-32,34-40,50,52-53,57H,15-16,21-24H2,1-8H3,(H,48,56)/t26?,29-,30-,31+,32+,34?,35+,36+,37-,38-,39-,40+,46-,47-/m1/s1. The second kappa shape index (κ2) is 18.0. The van der Waals surface area contributed by atoms with Gasteiger partial charge >= 0.3 is 24.0 Å². The van der Waals surface area contributed by atoms with Gasteiger partial charge in [-0.15, -0.1) is 0 Å². The van der Waals surface area contributed by atoms with Crippen molar-refractivity contribution in [2.75, 3.05) is 6.61 Å². The summed E-state index contributed by atoms with van der Waals surface area (Å²) in [4.78, 5) is 67.5. The number of ketones is 1. The molecule has 2 unspecified atom stereocenters. The van der Waals surface area contributed by atoms with E-state index in [0.29, 0.717) is 5.56 Å². The number of aliphatic hydroxyl groups excluding tert-OH is 3. The molecular formula is C47H63NO14. The zero-order valence-corrected chi connectivity index (χ0v) is 36.8. The third kappa shape index (κ3) is 9.01. The Morgan fingerprint density at radius 1 is 0.903 bits per heavy atom. The molecule has 2 aromatic carbocycles. The number of ether oxygens (including phenoxy) is 5. The van der Waals surface area contributed by atoms with E-state index in [4.69, 9.17) is 23.7 Å². The quantitative estimate of drug-likeness (QED) is 0.145. The molecule has 0 aromatic heterocycles. The number of benzene rings is 2. The predicted octanol–water partition coefficient (Wildman–Crippen LogP) is 4.61. The molecule has 2 bridgehead atoms. The summed E-state index contributed by atoms with van der Waals surface area (Å²) >= 11 is 0. The lowest BCUT2D eigenvalue weighted by atomic mass is 9.43. The van der Waals surface area contributed by atoms with Gasteiger partial charge in [0.15, 0.2) is 0 Å². The Labute approximate surface area is 362 Å². The summed E-state index contributed by atoms with van der Waals surface area (Å²) < 4.78 is 30.0. The summed E-state index contributed by atoms with van der Waals surface area (Å²) in [6, 6.07) is 15.1. The minimum atomic E-state index is -2.10. The zero-order valence-electron chi connectivity index (χ0n) is 36.8. The van der Waals surface area contributed by atoms with Gasteiger partial charge in [0.05, 0.1) is 36.6 Å². The van der Waals surface area contributed by atoms with Crippen molar-refractivity contribution in [1.82, 2.24) is 5.32 Å². The number of Topliss-reactive ketones (excluding diaryl/α,β-unsaturated/α-hetero) is 1. The Kier molecular flexibility index (Phi) is 13.7. The summed E-state index contributed by atoms with van der Waals surface area (Å²) in [5, 5.41) is 52.8. The van der Waals surface area contributed by atoms with Crippen LogP contribution < -0.4 is 5.32 Å². The van der Waals surface area contributed by atoms with Crippen molar-refractivity contribution in [3.05, 3.63) is 71.8 Å². The van der Waals surface area contributed by atoms with Gasteiger partial charge in [-0.25, -0.2) is 14.4 Å². The summed E-state index contributed by atoms with van der Waals surface area (Å²) in [6.07, 6.45) is -10.6. The first-order chi connectivity index (χ1) is 29.0. The number of carbonyl (C=O) groups excluding carboxylic acids is 5. The van der Waals surface area contributed by atoms with Crippen LogP contribution in [0.4, 0.5) is 4.79 Å². The number of carbonyl (C=O) groups is 5. The molecule has 14 atom stereocenters. The minimum absolute atomic E-state index is 0.0901. The van der Waals surface area contributed by atoms with Gasteiger partial charge in [0, 0.05) is 54.3 Å². The molecule has 0 spiro atoms.